The van der Waals surface area contributed by atoms with E-state index in [9.17, 15) is 13.2 Å². The van der Waals surface area contributed by atoms with Crippen LogP contribution in [0.1, 0.15) is 40.9 Å². The average molecular weight is 457 g/mol. The molecule has 7 heteroatoms. The second-order valence-electron chi connectivity index (χ2n) is 7.23. The second kappa shape index (κ2) is 9.54. The summed E-state index contributed by atoms with van der Waals surface area (Å²) in [5.41, 5.74) is 4.46. The van der Waals surface area contributed by atoms with Gasteiger partial charge in [0.15, 0.2) is 0 Å². The molecule has 0 unspecified atom stereocenters. The largest absolute Gasteiger partial charge is 0.321 e. The number of amides is 1. The van der Waals surface area contributed by atoms with E-state index in [4.69, 9.17) is 11.6 Å². The van der Waals surface area contributed by atoms with Crippen molar-refractivity contribution in [1.29, 1.82) is 0 Å². The van der Waals surface area contributed by atoms with E-state index in [1.165, 1.54) is 18.2 Å². The number of aryl methyl sites for hydroxylation is 3. The van der Waals surface area contributed by atoms with E-state index in [0.29, 0.717) is 5.69 Å². The van der Waals surface area contributed by atoms with Gasteiger partial charge < -0.3 is 5.32 Å². The van der Waals surface area contributed by atoms with Crippen LogP contribution in [-0.4, -0.2) is 14.3 Å². The number of hydrogen-bond donors (Lipinski definition) is 2. The Labute approximate surface area is 188 Å². The molecule has 0 aliphatic carbocycles. The molecule has 0 aromatic heterocycles. The summed E-state index contributed by atoms with van der Waals surface area (Å²) in [5, 5.41) is 3.00. The third-order valence-corrected chi connectivity index (χ3v) is 6.89. The van der Waals surface area contributed by atoms with Gasteiger partial charge in [-0.15, -0.1) is 0 Å². The Kier molecular flexibility index (Phi) is 7.03. The van der Waals surface area contributed by atoms with E-state index in [1.807, 2.05) is 39.0 Å². The number of carbonyl (C=O) groups is 1. The zero-order chi connectivity index (χ0) is 22.6. The molecule has 0 saturated heterocycles. The fourth-order valence-corrected chi connectivity index (χ4v) is 4.86. The minimum absolute atomic E-state index is 0.0411. The van der Waals surface area contributed by atoms with Gasteiger partial charge in [-0.25, -0.2) is 8.42 Å². The summed E-state index contributed by atoms with van der Waals surface area (Å²) in [6, 6.07) is 17.1. The molecule has 31 heavy (non-hydrogen) atoms. The van der Waals surface area contributed by atoms with Gasteiger partial charge in [-0.2, -0.15) is 0 Å². The number of halogens is 1. The Bertz CT molecular complexity index is 1180. The topological polar surface area (TPSA) is 75.3 Å². The Morgan fingerprint density at radius 3 is 2.13 bits per heavy atom. The zero-order valence-electron chi connectivity index (χ0n) is 17.7. The molecule has 0 aliphatic heterocycles. The van der Waals surface area contributed by atoms with Gasteiger partial charge in [-0.1, -0.05) is 61.3 Å². The molecule has 3 aromatic rings. The maximum absolute atomic E-state index is 13.0. The standard InChI is InChI=1S/C24H25ClN2O3S/c1-4-17-7-6-8-18(5-2)23(17)26-24(28)19-11-14-21(25)22(15-19)31(29,30)27-20-12-9-16(3)10-13-20/h6-15,27H,4-5H2,1-3H3,(H,26,28). The monoisotopic (exact) mass is 456 g/mol. The lowest BCUT2D eigenvalue weighted by atomic mass is 10.0. The lowest BCUT2D eigenvalue weighted by Crippen LogP contribution is -2.17. The number of rotatable bonds is 7. The molecule has 2 N–H and O–H groups in total. The quantitative estimate of drug-likeness (QED) is 0.470. The summed E-state index contributed by atoms with van der Waals surface area (Å²) in [6.45, 7) is 5.96. The Morgan fingerprint density at radius 1 is 0.935 bits per heavy atom. The fraction of sp³-hybridized carbons (Fsp3) is 0.208. The maximum atomic E-state index is 13.0. The number of hydrogen-bond acceptors (Lipinski definition) is 3. The van der Waals surface area contributed by atoms with E-state index in [2.05, 4.69) is 10.0 Å². The highest BCUT2D eigenvalue weighted by atomic mass is 35.5. The van der Waals surface area contributed by atoms with Crippen LogP contribution in [0.15, 0.2) is 65.6 Å². The van der Waals surface area contributed by atoms with Crippen molar-refractivity contribution >= 4 is 38.9 Å². The van der Waals surface area contributed by atoms with E-state index in [-0.39, 0.29) is 21.4 Å². The molecule has 0 saturated carbocycles. The first-order chi connectivity index (χ1) is 14.7. The van der Waals surface area contributed by atoms with Crippen molar-refractivity contribution in [3.05, 3.63) is 87.9 Å². The van der Waals surface area contributed by atoms with E-state index in [1.54, 1.807) is 24.3 Å². The summed E-state index contributed by atoms with van der Waals surface area (Å²) in [6.07, 6.45) is 1.54. The Balaban J connectivity index is 1.92. The summed E-state index contributed by atoms with van der Waals surface area (Å²) in [4.78, 5) is 12.8. The van der Waals surface area contributed by atoms with Crippen molar-refractivity contribution < 1.29 is 13.2 Å². The molecule has 3 aromatic carbocycles. The normalized spacial score (nSPS) is 11.2. The number of nitrogens with one attached hydrogen (secondary N) is 2. The van der Waals surface area contributed by atoms with Crippen LogP contribution >= 0.6 is 11.6 Å². The van der Waals surface area contributed by atoms with Crippen molar-refractivity contribution in [3.63, 3.8) is 0 Å². The van der Waals surface area contributed by atoms with Gasteiger partial charge in [0.25, 0.3) is 15.9 Å². The molecule has 3 rings (SSSR count). The van der Waals surface area contributed by atoms with Crippen LogP contribution in [-0.2, 0) is 22.9 Å². The summed E-state index contributed by atoms with van der Waals surface area (Å²) < 4.78 is 28.3. The molecule has 0 spiro atoms. The van der Waals surface area contributed by atoms with Crippen LogP contribution in [0.5, 0.6) is 0 Å². The summed E-state index contributed by atoms with van der Waals surface area (Å²) in [7, 11) is -3.97. The van der Waals surface area contributed by atoms with Gasteiger partial charge >= 0.3 is 0 Å². The van der Waals surface area contributed by atoms with Crippen LogP contribution in [0.3, 0.4) is 0 Å². The van der Waals surface area contributed by atoms with Gasteiger partial charge in [0.05, 0.1) is 5.02 Å². The highest BCUT2D eigenvalue weighted by Crippen LogP contribution is 2.27. The van der Waals surface area contributed by atoms with Crippen LogP contribution in [0, 0.1) is 6.92 Å². The number of sulfonamides is 1. The van der Waals surface area contributed by atoms with Gasteiger partial charge in [0.2, 0.25) is 0 Å². The fourth-order valence-electron chi connectivity index (χ4n) is 3.27. The predicted molar refractivity (Wildman–Crippen MR) is 127 cm³/mol. The Hall–Kier alpha value is -2.83. The van der Waals surface area contributed by atoms with Crippen molar-refractivity contribution in [2.24, 2.45) is 0 Å². The highest BCUT2D eigenvalue weighted by molar-refractivity contribution is 7.92. The van der Waals surface area contributed by atoms with E-state index in [0.717, 1.165) is 35.2 Å². The Morgan fingerprint density at radius 2 is 1.55 bits per heavy atom. The number of para-hydroxylation sites is 1. The lowest BCUT2D eigenvalue weighted by molar-refractivity contribution is 0.102. The molecule has 0 aliphatic rings. The van der Waals surface area contributed by atoms with Crippen molar-refractivity contribution in [1.82, 2.24) is 0 Å². The van der Waals surface area contributed by atoms with Gasteiger partial charge in [0.1, 0.15) is 4.90 Å². The zero-order valence-corrected chi connectivity index (χ0v) is 19.3. The average Bonchev–Trinajstić information content (AvgIpc) is 2.75. The third kappa shape index (κ3) is 5.27. The van der Waals surface area contributed by atoms with Gasteiger partial charge in [-0.3, -0.25) is 9.52 Å². The first-order valence-electron chi connectivity index (χ1n) is 10.1. The number of carbonyl (C=O) groups excluding carboxylic acids is 1. The minimum Gasteiger partial charge on any atom is -0.321 e. The smallest absolute Gasteiger partial charge is 0.263 e. The first-order valence-corrected chi connectivity index (χ1v) is 11.9. The predicted octanol–water partition coefficient (Wildman–Crippen LogP) is 5.83. The molecule has 0 bridgehead atoms. The van der Waals surface area contributed by atoms with Crippen molar-refractivity contribution in [2.75, 3.05) is 10.0 Å². The lowest BCUT2D eigenvalue weighted by Gasteiger charge is -2.15. The molecular weight excluding hydrogens is 432 g/mol. The number of benzene rings is 3. The van der Waals surface area contributed by atoms with E-state index < -0.39 is 10.0 Å². The van der Waals surface area contributed by atoms with E-state index >= 15 is 0 Å². The second-order valence-corrected chi connectivity index (χ2v) is 9.29. The first kappa shape index (κ1) is 22.8. The molecule has 0 atom stereocenters. The molecule has 162 valence electrons. The molecule has 0 radical (unpaired) electrons. The van der Waals surface area contributed by atoms with Gasteiger partial charge in [-0.05, 0) is 61.2 Å². The summed E-state index contributed by atoms with van der Waals surface area (Å²) >= 11 is 6.18. The van der Waals surface area contributed by atoms with Crippen molar-refractivity contribution in [3.8, 4) is 0 Å². The van der Waals surface area contributed by atoms with Crippen LogP contribution in [0.4, 0.5) is 11.4 Å². The van der Waals surface area contributed by atoms with Crippen molar-refractivity contribution in [2.45, 2.75) is 38.5 Å². The van der Waals surface area contributed by atoms with Crippen LogP contribution < -0.4 is 10.0 Å². The number of anilines is 2. The van der Waals surface area contributed by atoms with Crippen LogP contribution in [0.2, 0.25) is 5.02 Å². The molecular formula is C24H25ClN2O3S. The third-order valence-electron chi connectivity index (χ3n) is 5.02. The van der Waals surface area contributed by atoms with Gasteiger partial charge in [0, 0.05) is 16.9 Å². The maximum Gasteiger partial charge on any atom is 0.263 e. The van der Waals surface area contributed by atoms with Crippen LogP contribution in [0.25, 0.3) is 0 Å². The molecule has 1 amide bonds. The molecule has 0 heterocycles. The highest BCUT2D eigenvalue weighted by Gasteiger charge is 2.21. The molecule has 5 nitrogen and oxygen atoms in total. The SMILES string of the molecule is CCc1cccc(CC)c1NC(=O)c1ccc(Cl)c(S(=O)(=O)Nc2ccc(C)cc2)c1. The summed E-state index contributed by atoms with van der Waals surface area (Å²) in [5.74, 6) is -0.390. The molecule has 0 fully saturated rings. The minimum atomic E-state index is -3.97.